The molecule has 0 spiro atoms. The second-order valence-corrected chi connectivity index (χ2v) is 7.86. The normalized spacial score (nSPS) is 10.7. The van der Waals surface area contributed by atoms with Gasteiger partial charge in [0.1, 0.15) is 12.1 Å². The maximum Gasteiger partial charge on any atom is 0.408 e. The van der Waals surface area contributed by atoms with Crippen LogP contribution in [0.3, 0.4) is 0 Å². The first-order valence-corrected chi connectivity index (χ1v) is 9.35. The molecular weight excluding hydrogens is 426 g/mol. The van der Waals surface area contributed by atoms with Crippen molar-refractivity contribution < 1.29 is 19.1 Å². The van der Waals surface area contributed by atoms with E-state index < -0.39 is 17.6 Å². The summed E-state index contributed by atoms with van der Waals surface area (Å²) in [5.41, 5.74) is 1.04. The van der Waals surface area contributed by atoms with Gasteiger partial charge in [-0.2, -0.15) is 0 Å². The number of hydrogen-bond donors (Lipinski definition) is 3. The summed E-state index contributed by atoms with van der Waals surface area (Å²) in [5.74, 6) is -0.622. The summed E-state index contributed by atoms with van der Waals surface area (Å²) in [7, 11) is 0. The number of benzene rings is 2. The fourth-order valence-corrected chi connectivity index (χ4v) is 2.38. The molecule has 0 aliphatic carbocycles. The summed E-state index contributed by atoms with van der Waals surface area (Å²) >= 11 is 3.32. The van der Waals surface area contributed by atoms with E-state index >= 15 is 0 Å². The maximum absolute atomic E-state index is 12.2. The van der Waals surface area contributed by atoms with Crippen LogP contribution in [0.5, 0.6) is 0 Å². The summed E-state index contributed by atoms with van der Waals surface area (Å²) < 4.78 is 5.95. The molecule has 0 saturated heterocycles. The lowest BCUT2D eigenvalue weighted by molar-refractivity contribution is -0.115. The summed E-state index contributed by atoms with van der Waals surface area (Å²) in [6, 6.07) is 13.7. The fourth-order valence-electron chi connectivity index (χ4n) is 2.11. The van der Waals surface area contributed by atoms with E-state index in [2.05, 4.69) is 31.9 Å². The number of hydrogen-bond acceptors (Lipinski definition) is 4. The minimum absolute atomic E-state index is 0.211. The molecular formula is C20H22BrN3O4. The van der Waals surface area contributed by atoms with Crippen LogP contribution in [-0.2, 0) is 9.53 Å². The number of rotatable bonds is 5. The van der Waals surface area contributed by atoms with Gasteiger partial charge in [-0.15, -0.1) is 0 Å². The molecule has 0 fully saturated rings. The lowest BCUT2D eigenvalue weighted by atomic mass is 10.2. The molecule has 3 N–H and O–H groups in total. The van der Waals surface area contributed by atoms with Crippen molar-refractivity contribution in [1.82, 2.24) is 5.32 Å². The van der Waals surface area contributed by atoms with E-state index in [9.17, 15) is 14.4 Å². The number of ether oxygens (including phenoxy) is 1. The van der Waals surface area contributed by atoms with Crippen molar-refractivity contribution in [2.75, 3.05) is 17.2 Å². The van der Waals surface area contributed by atoms with Crippen LogP contribution in [0, 0.1) is 0 Å². The Labute approximate surface area is 172 Å². The molecule has 0 heterocycles. The zero-order valence-corrected chi connectivity index (χ0v) is 17.4. The van der Waals surface area contributed by atoms with Gasteiger partial charge >= 0.3 is 6.09 Å². The van der Waals surface area contributed by atoms with Crippen molar-refractivity contribution >= 4 is 45.2 Å². The van der Waals surface area contributed by atoms with Crippen LogP contribution < -0.4 is 16.0 Å². The van der Waals surface area contributed by atoms with Gasteiger partial charge in [-0.25, -0.2) is 4.79 Å². The lowest BCUT2D eigenvalue weighted by Gasteiger charge is -2.19. The van der Waals surface area contributed by atoms with Crippen LogP contribution in [0.25, 0.3) is 0 Å². The van der Waals surface area contributed by atoms with Crippen molar-refractivity contribution in [2.24, 2.45) is 0 Å². The largest absolute Gasteiger partial charge is 0.444 e. The monoisotopic (exact) mass is 447 g/mol. The highest BCUT2D eigenvalue weighted by molar-refractivity contribution is 9.10. The Bertz CT molecular complexity index is 843. The zero-order chi connectivity index (χ0) is 20.7. The first-order chi connectivity index (χ1) is 13.1. The molecule has 28 heavy (non-hydrogen) atoms. The third kappa shape index (κ3) is 7.40. The third-order valence-electron chi connectivity index (χ3n) is 3.33. The number of carbonyl (C=O) groups is 3. The smallest absolute Gasteiger partial charge is 0.408 e. The molecule has 0 aliphatic rings. The highest BCUT2D eigenvalue weighted by Crippen LogP contribution is 2.16. The highest BCUT2D eigenvalue weighted by Gasteiger charge is 2.16. The average molecular weight is 448 g/mol. The molecule has 0 aliphatic heterocycles. The van der Waals surface area contributed by atoms with Gasteiger partial charge in [-0.1, -0.05) is 15.9 Å². The highest BCUT2D eigenvalue weighted by atomic mass is 79.9. The Morgan fingerprint density at radius 1 is 0.893 bits per heavy atom. The Hall–Kier alpha value is -2.87. The first kappa shape index (κ1) is 21.4. The van der Waals surface area contributed by atoms with Gasteiger partial charge in [-0.3, -0.25) is 9.59 Å². The quantitative estimate of drug-likeness (QED) is 0.640. The van der Waals surface area contributed by atoms with Crippen LogP contribution in [0.4, 0.5) is 16.2 Å². The van der Waals surface area contributed by atoms with Gasteiger partial charge in [0.2, 0.25) is 5.91 Å². The van der Waals surface area contributed by atoms with Crippen LogP contribution >= 0.6 is 15.9 Å². The molecule has 2 rings (SSSR count). The van der Waals surface area contributed by atoms with E-state index in [0.717, 1.165) is 4.47 Å². The predicted molar refractivity (Wildman–Crippen MR) is 111 cm³/mol. The minimum atomic E-state index is -0.659. The average Bonchev–Trinajstić information content (AvgIpc) is 2.61. The summed E-state index contributed by atoms with van der Waals surface area (Å²) in [6.45, 7) is 5.01. The van der Waals surface area contributed by atoms with Gasteiger partial charge in [-0.05, 0) is 69.3 Å². The Morgan fingerprint density at radius 3 is 1.96 bits per heavy atom. The molecule has 2 aromatic rings. The van der Waals surface area contributed by atoms with Gasteiger partial charge in [0.05, 0.1) is 0 Å². The fraction of sp³-hybridized carbons (Fsp3) is 0.250. The topological polar surface area (TPSA) is 96.5 Å². The summed E-state index contributed by atoms with van der Waals surface area (Å²) in [5, 5.41) is 7.82. The van der Waals surface area contributed by atoms with Gasteiger partial charge < -0.3 is 20.7 Å². The Kier molecular flexibility index (Phi) is 7.17. The summed E-state index contributed by atoms with van der Waals surface area (Å²) in [4.78, 5) is 35.6. The SMILES string of the molecule is CC(C)(C)OC(=O)NCC(=O)Nc1ccc(NC(=O)c2ccc(Br)cc2)cc1. The molecule has 7 nitrogen and oxygen atoms in total. The van der Waals surface area contributed by atoms with E-state index in [1.54, 1.807) is 69.3 Å². The number of nitrogens with one attached hydrogen (secondary N) is 3. The van der Waals surface area contributed by atoms with Gasteiger partial charge in [0, 0.05) is 21.4 Å². The second kappa shape index (κ2) is 9.36. The van der Waals surface area contributed by atoms with Crippen molar-refractivity contribution in [2.45, 2.75) is 26.4 Å². The van der Waals surface area contributed by atoms with E-state index in [0.29, 0.717) is 16.9 Å². The number of amides is 3. The molecule has 8 heteroatoms. The van der Waals surface area contributed by atoms with Crippen molar-refractivity contribution in [3.63, 3.8) is 0 Å². The molecule has 0 bridgehead atoms. The second-order valence-electron chi connectivity index (χ2n) is 6.94. The number of alkyl carbamates (subject to hydrolysis) is 1. The maximum atomic E-state index is 12.2. The van der Waals surface area contributed by atoms with E-state index in [1.807, 2.05) is 0 Å². The molecule has 148 valence electrons. The molecule has 3 amide bonds. The molecule has 2 aromatic carbocycles. The van der Waals surface area contributed by atoms with Crippen LogP contribution in [-0.4, -0.2) is 30.1 Å². The summed E-state index contributed by atoms with van der Waals surface area (Å²) in [6.07, 6.45) is -0.659. The van der Waals surface area contributed by atoms with Crippen molar-refractivity contribution in [3.8, 4) is 0 Å². The molecule has 0 atom stereocenters. The van der Waals surface area contributed by atoms with Gasteiger partial charge in [0.25, 0.3) is 5.91 Å². The van der Waals surface area contributed by atoms with E-state index in [-0.39, 0.29) is 12.5 Å². The van der Waals surface area contributed by atoms with Crippen molar-refractivity contribution in [3.05, 3.63) is 58.6 Å². The molecule has 0 radical (unpaired) electrons. The lowest BCUT2D eigenvalue weighted by Crippen LogP contribution is -2.37. The molecule has 0 unspecified atom stereocenters. The van der Waals surface area contributed by atoms with Crippen LogP contribution in [0.2, 0.25) is 0 Å². The van der Waals surface area contributed by atoms with Crippen LogP contribution in [0.1, 0.15) is 31.1 Å². The van der Waals surface area contributed by atoms with E-state index in [4.69, 9.17) is 4.74 Å². The first-order valence-electron chi connectivity index (χ1n) is 8.56. The third-order valence-corrected chi connectivity index (χ3v) is 3.85. The van der Waals surface area contributed by atoms with Crippen molar-refractivity contribution in [1.29, 1.82) is 0 Å². The van der Waals surface area contributed by atoms with Crippen LogP contribution in [0.15, 0.2) is 53.0 Å². The number of halogens is 1. The minimum Gasteiger partial charge on any atom is -0.444 e. The predicted octanol–water partition coefficient (Wildman–Crippen LogP) is 4.16. The number of anilines is 2. The van der Waals surface area contributed by atoms with Gasteiger partial charge in [0.15, 0.2) is 0 Å². The Morgan fingerprint density at radius 2 is 1.43 bits per heavy atom. The molecule has 0 aromatic heterocycles. The standard InChI is InChI=1S/C20H22BrN3O4/c1-20(2,3)28-19(27)22-12-17(25)23-15-8-10-16(11-9-15)24-18(26)13-4-6-14(21)7-5-13/h4-11H,12H2,1-3H3,(H,22,27)(H,23,25)(H,24,26). The zero-order valence-electron chi connectivity index (χ0n) is 15.8. The van der Waals surface area contributed by atoms with E-state index in [1.165, 1.54) is 0 Å². The number of carbonyl (C=O) groups excluding carboxylic acids is 3. The molecule has 0 saturated carbocycles. The Balaban J connectivity index is 1.83.